The molecule has 1 aromatic rings. The van der Waals surface area contributed by atoms with Crippen LogP contribution in [0.4, 0.5) is 4.39 Å². The van der Waals surface area contributed by atoms with Crippen molar-refractivity contribution >= 4 is 0 Å². The molecule has 0 aliphatic heterocycles. The van der Waals surface area contributed by atoms with E-state index in [-0.39, 0.29) is 18.3 Å². The molecule has 1 unspecified atom stereocenters. The van der Waals surface area contributed by atoms with Gasteiger partial charge in [0, 0.05) is 19.6 Å². The average Bonchev–Trinajstić information content (AvgIpc) is 2.35. The molecule has 0 aliphatic rings. The van der Waals surface area contributed by atoms with Gasteiger partial charge in [0.1, 0.15) is 5.82 Å². The number of aliphatic hydroxyl groups is 1. The average molecular weight is 242 g/mol. The van der Waals surface area contributed by atoms with E-state index in [1.54, 1.807) is 19.2 Å². The lowest BCUT2D eigenvalue weighted by Crippen LogP contribution is -2.10. The molecule has 4 heteroatoms. The van der Waals surface area contributed by atoms with E-state index in [1.165, 1.54) is 12.1 Å². The van der Waals surface area contributed by atoms with Crippen molar-refractivity contribution in [1.29, 1.82) is 0 Å². The van der Waals surface area contributed by atoms with E-state index >= 15 is 0 Å². The molecular weight excluding hydrogens is 223 g/mol. The largest absolute Gasteiger partial charge is 0.396 e. The number of aliphatic hydroxyl groups excluding tert-OH is 1. The van der Waals surface area contributed by atoms with Gasteiger partial charge in [-0.15, -0.1) is 0 Å². The van der Waals surface area contributed by atoms with Gasteiger partial charge in [0.25, 0.3) is 0 Å². The van der Waals surface area contributed by atoms with Crippen molar-refractivity contribution in [2.24, 2.45) is 0 Å². The predicted molar refractivity (Wildman–Crippen MR) is 63.5 cm³/mol. The number of rotatable bonds is 8. The number of methoxy groups -OCH3 is 1. The summed E-state index contributed by atoms with van der Waals surface area (Å²) in [6.45, 7) is 1.73. The fraction of sp³-hybridized carbons (Fsp3) is 0.538. The van der Waals surface area contributed by atoms with Crippen LogP contribution in [0.25, 0.3) is 0 Å². The van der Waals surface area contributed by atoms with Gasteiger partial charge in [0.2, 0.25) is 0 Å². The van der Waals surface area contributed by atoms with Crippen LogP contribution in [0.3, 0.4) is 0 Å². The summed E-state index contributed by atoms with van der Waals surface area (Å²) in [6.07, 6.45) is 0.714. The van der Waals surface area contributed by atoms with Gasteiger partial charge in [-0.05, 0) is 24.1 Å². The molecule has 96 valence electrons. The lowest BCUT2D eigenvalue weighted by atomic mass is 9.97. The summed E-state index contributed by atoms with van der Waals surface area (Å²) in [6, 6.07) is 6.21. The van der Waals surface area contributed by atoms with Crippen LogP contribution < -0.4 is 0 Å². The number of ether oxygens (including phenoxy) is 2. The van der Waals surface area contributed by atoms with Gasteiger partial charge in [-0.3, -0.25) is 0 Å². The van der Waals surface area contributed by atoms with Gasteiger partial charge in [-0.2, -0.15) is 0 Å². The molecular formula is C13H19FO3. The Labute approximate surface area is 101 Å². The van der Waals surface area contributed by atoms with Crippen LogP contribution in [0.15, 0.2) is 24.3 Å². The standard InChI is InChI=1S/C13H19FO3/c1-16-8-9-17-7-6-12(10-15)11-2-4-13(14)5-3-11/h2-5,12,15H,6-10H2,1H3. The lowest BCUT2D eigenvalue weighted by Gasteiger charge is -2.14. The first-order valence-corrected chi connectivity index (χ1v) is 5.71. The molecule has 1 rings (SSSR count). The monoisotopic (exact) mass is 242 g/mol. The molecule has 0 fully saturated rings. The zero-order valence-corrected chi connectivity index (χ0v) is 10.1. The molecule has 3 nitrogen and oxygen atoms in total. The minimum Gasteiger partial charge on any atom is -0.396 e. The van der Waals surface area contributed by atoms with E-state index < -0.39 is 0 Å². The summed E-state index contributed by atoms with van der Waals surface area (Å²) >= 11 is 0. The molecule has 0 spiro atoms. The first-order chi connectivity index (χ1) is 8.27. The Kier molecular flexibility index (Phi) is 6.77. The third-order valence-corrected chi connectivity index (χ3v) is 2.60. The summed E-state index contributed by atoms with van der Waals surface area (Å²) in [4.78, 5) is 0. The summed E-state index contributed by atoms with van der Waals surface area (Å²) in [5.74, 6) is -0.264. The number of hydrogen-bond donors (Lipinski definition) is 1. The highest BCUT2D eigenvalue weighted by Crippen LogP contribution is 2.19. The minimum atomic E-state index is -0.262. The number of hydrogen-bond acceptors (Lipinski definition) is 3. The summed E-state index contributed by atoms with van der Waals surface area (Å²) < 4.78 is 22.9. The summed E-state index contributed by atoms with van der Waals surface area (Å²) in [5.41, 5.74) is 0.934. The minimum absolute atomic E-state index is 0.00172. The van der Waals surface area contributed by atoms with Crippen molar-refractivity contribution in [3.63, 3.8) is 0 Å². The Morgan fingerprint density at radius 2 is 1.88 bits per heavy atom. The number of benzene rings is 1. The van der Waals surface area contributed by atoms with Gasteiger partial charge >= 0.3 is 0 Å². The maximum atomic E-state index is 12.7. The fourth-order valence-electron chi connectivity index (χ4n) is 1.57. The molecule has 0 aliphatic carbocycles. The Balaban J connectivity index is 2.35. The van der Waals surface area contributed by atoms with Crippen molar-refractivity contribution in [2.45, 2.75) is 12.3 Å². The van der Waals surface area contributed by atoms with Crippen LogP contribution in [0.5, 0.6) is 0 Å². The molecule has 17 heavy (non-hydrogen) atoms. The van der Waals surface area contributed by atoms with Gasteiger partial charge in [0.05, 0.1) is 19.8 Å². The van der Waals surface area contributed by atoms with Gasteiger partial charge in [-0.25, -0.2) is 4.39 Å². The zero-order chi connectivity index (χ0) is 12.5. The quantitative estimate of drug-likeness (QED) is 0.708. The van der Waals surface area contributed by atoms with Crippen LogP contribution in [0, 0.1) is 5.82 Å². The molecule has 1 aromatic carbocycles. The van der Waals surface area contributed by atoms with E-state index in [0.29, 0.717) is 26.2 Å². The van der Waals surface area contributed by atoms with Crippen molar-refractivity contribution in [1.82, 2.24) is 0 Å². The summed E-state index contributed by atoms with van der Waals surface area (Å²) in [5, 5.41) is 9.28. The highest BCUT2D eigenvalue weighted by Gasteiger charge is 2.10. The molecule has 0 saturated carbocycles. The first kappa shape index (κ1) is 14.1. The van der Waals surface area contributed by atoms with E-state index in [9.17, 15) is 9.50 Å². The Morgan fingerprint density at radius 3 is 2.47 bits per heavy atom. The third-order valence-electron chi connectivity index (χ3n) is 2.60. The number of halogens is 1. The van der Waals surface area contributed by atoms with Crippen molar-refractivity contribution in [3.8, 4) is 0 Å². The highest BCUT2D eigenvalue weighted by molar-refractivity contribution is 5.20. The molecule has 0 aromatic heterocycles. The zero-order valence-electron chi connectivity index (χ0n) is 10.1. The normalized spacial score (nSPS) is 12.6. The van der Waals surface area contributed by atoms with Crippen LogP contribution in [0.2, 0.25) is 0 Å². The SMILES string of the molecule is COCCOCCC(CO)c1ccc(F)cc1. The lowest BCUT2D eigenvalue weighted by molar-refractivity contribution is 0.0642. The molecule has 0 saturated heterocycles. The second-order valence-corrected chi connectivity index (χ2v) is 3.82. The maximum absolute atomic E-state index is 12.7. The molecule has 0 radical (unpaired) electrons. The van der Waals surface area contributed by atoms with E-state index in [2.05, 4.69) is 0 Å². The van der Waals surface area contributed by atoms with E-state index in [1.807, 2.05) is 0 Å². The van der Waals surface area contributed by atoms with Crippen molar-refractivity contribution < 1.29 is 19.0 Å². The van der Waals surface area contributed by atoms with E-state index in [4.69, 9.17) is 9.47 Å². The second kappa shape index (κ2) is 8.17. The molecule has 0 heterocycles. The smallest absolute Gasteiger partial charge is 0.123 e. The Bertz CT molecular complexity index is 300. The predicted octanol–water partition coefficient (Wildman–Crippen LogP) is 1.95. The fourth-order valence-corrected chi connectivity index (χ4v) is 1.57. The van der Waals surface area contributed by atoms with Crippen molar-refractivity contribution in [3.05, 3.63) is 35.6 Å². The van der Waals surface area contributed by atoms with Crippen LogP contribution >= 0.6 is 0 Å². The van der Waals surface area contributed by atoms with Gasteiger partial charge in [0.15, 0.2) is 0 Å². The van der Waals surface area contributed by atoms with Crippen LogP contribution in [-0.4, -0.2) is 38.6 Å². The van der Waals surface area contributed by atoms with Crippen LogP contribution in [-0.2, 0) is 9.47 Å². The van der Waals surface area contributed by atoms with E-state index in [0.717, 1.165) is 5.56 Å². The molecule has 0 bridgehead atoms. The van der Waals surface area contributed by atoms with Crippen molar-refractivity contribution in [2.75, 3.05) is 33.5 Å². The second-order valence-electron chi connectivity index (χ2n) is 3.82. The van der Waals surface area contributed by atoms with Crippen LogP contribution in [0.1, 0.15) is 17.9 Å². The third kappa shape index (κ3) is 5.26. The summed E-state index contributed by atoms with van der Waals surface area (Å²) in [7, 11) is 1.62. The Morgan fingerprint density at radius 1 is 1.18 bits per heavy atom. The molecule has 1 N–H and O–H groups in total. The van der Waals surface area contributed by atoms with Gasteiger partial charge in [-0.1, -0.05) is 12.1 Å². The Hall–Kier alpha value is -0.970. The van der Waals surface area contributed by atoms with Gasteiger partial charge < -0.3 is 14.6 Å². The maximum Gasteiger partial charge on any atom is 0.123 e. The first-order valence-electron chi connectivity index (χ1n) is 5.71. The topological polar surface area (TPSA) is 38.7 Å². The highest BCUT2D eigenvalue weighted by atomic mass is 19.1. The molecule has 0 amide bonds. The molecule has 1 atom stereocenters.